The number of alkyl carbamates (subject to hydrolysis) is 1. The van der Waals surface area contributed by atoms with Gasteiger partial charge in [-0.25, -0.2) is 9.59 Å². The predicted octanol–water partition coefficient (Wildman–Crippen LogP) is 0.288. The smallest absolute Gasteiger partial charge is 0.407 e. The summed E-state index contributed by atoms with van der Waals surface area (Å²) in [4.78, 5) is 33.2. The Morgan fingerprint density at radius 2 is 2.11 bits per heavy atom. The molecule has 0 fully saturated rings. The lowest BCUT2D eigenvalue weighted by Crippen LogP contribution is -2.34. The molecule has 1 rings (SSSR count). The molecule has 0 aliphatic carbocycles. The van der Waals surface area contributed by atoms with Gasteiger partial charge in [0.1, 0.15) is 5.60 Å². The number of H-pyrrole nitrogens is 1. The Balaban J connectivity index is 2.55. The summed E-state index contributed by atoms with van der Waals surface area (Å²) in [5.74, 6) is -1.31. The number of aromatic nitrogens is 2. The zero-order valence-electron chi connectivity index (χ0n) is 10.8. The second-order valence-corrected chi connectivity index (χ2v) is 4.76. The van der Waals surface area contributed by atoms with Crippen molar-refractivity contribution in [3.05, 3.63) is 16.3 Å². The quantitative estimate of drug-likeness (QED) is 0.723. The summed E-state index contributed by atoms with van der Waals surface area (Å²) in [5.41, 5.74) is -1.08. The highest BCUT2D eigenvalue weighted by Crippen LogP contribution is 2.06. The van der Waals surface area contributed by atoms with Crippen molar-refractivity contribution >= 4 is 12.1 Å². The monoisotopic (exact) mass is 274 g/mol. The lowest BCUT2D eigenvalue weighted by Gasteiger charge is -2.19. The van der Waals surface area contributed by atoms with Crippen LogP contribution in [-0.4, -0.2) is 34.5 Å². The first-order chi connectivity index (χ1) is 8.70. The predicted molar refractivity (Wildman–Crippen MR) is 61.3 cm³/mol. The van der Waals surface area contributed by atoms with E-state index >= 15 is 0 Å². The summed E-state index contributed by atoms with van der Waals surface area (Å²) in [7, 11) is 0. The van der Waals surface area contributed by atoms with E-state index < -0.39 is 17.7 Å². The molecule has 9 nitrogen and oxygen atoms in total. The number of nitrogens with zero attached hydrogens (tertiary/aromatic N) is 1. The first-order valence-electron chi connectivity index (χ1n) is 5.54. The van der Waals surface area contributed by atoms with Crippen molar-refractivity contribution in [3.63, 3.8) is 0 Å². The van der Waals surface area contributed by atoms with E-state index in [4.69, 9.17) is 9.84 Å². The molecule has 9 heteroatoms. The molecule has 19 heavy (non-hydrogen) atoms. The normalized spacial score (nSPS) is 11.1. The first kappa shape index (κ1) is 14.7. The van der Waals surface area contributed by atoms with E-state index in [1.807, 2.05) is 5.16 Å². The zero-order valence-corrected chi connectivity index (χ0v) is 10.8. The van der Waals surface area contributed by atoms with E-state index in [0.717, 1.165) is 0 Å². The fourth-order valence-corrected chi connectivity index (χ4v) is 1.27. The van der Waals surface area contributed by atoms with Crippen LogP contribution in [0.15, 0.2) is 4.63 Å². The van der Waals surface area contributed by atoms with E-state index in [0.29, 0.717) is 0 Å². The average molecular weight is 274 g/mol. The maximum absolute atomic E-state index is 11.3. The largest absolute Gasteiger partial charge is 0.475 e. The Bertz CT molecular complexity index is 524. The van der Waals surface area contributed by atoms with Gasteiger partial charge in [0, 0.05) is 13.0 Å². The number of hydrogen-bond donors (Lipinski definition) is 3. The number of aromatic carboxylic acids is 1. The molecule has 0 atom stereocenters. The van der Waals surface area contributed by atoms with Crippen LogP contribution < -0.4 is 9.92 Å². The van der Waals surface area contributed by atoms with Crippen molar-refractivity contribution in [2.45, 2.75) is 32.8 Å². The molecule has 1 amide bonds. The van der Waals surface area contributed by atoms with Gasteiger partial charge in [0.2, 0.25) is 0 Å². The molecular weight excluding hydrogens is 258 g/mol. The number of aromatic amines is 1. The minimum Gasteiger partial charge on any atom is -0.475 e. The van der Waals surface area contributed by atoms with Crippen molar-refractivity contribution < 1.29 is 28.7 Å². The van der Waals surface area contributed by atoms with Crippen LogP contribution in [0.1, 0.15) is 37.0 Å². The van der Waals surface area contributed by atoms with E-state index in [2.05, 4.69) is 9.95 Å². The summed E-state index contributed by atoms with van der Waals surface area (Å²) in [5, 5.41) is 13.2. The third-order valence-corrected chi connectivity index (χ3v) is 1.98. The minimum atomic E-state index is -1.31. The van der Waals surface area contributed by atoms with Crippen LogP contribution >= 0.6 is 0 Å². The molecule has 0 spiro atoms. The molecule has 0 aliphatic heterocycles. The number of carbonyl (C=O) groups excluding carboxylic acids is 1. The third-order valence-electron chi connectivity index (χ3n) is 1.98. The first-order valence-corrected chi connectivity index (χ1v) is 5.54. The third kappa shape index (κ3) is 4.45. The lowest BCUT2D eigenvalue weighted by atomic mass is 10.2. The second kappa shape index (κ2) is 5.55. The summed E-state index contributed by atoms with van der Waals surface area (Å²) < 4.78 is 9.34. The number of nitrogens with one attached hydrogen (secondary N) is 2. The van der Waals surface area contributed by atoms with Crippen LogP contribution in [0.4, 0.5) is 4.79 Å². The van der Waals surface area contributed by atoms with E-state index in [1.165, 1.54) is 0 Å². The maximum Gasteiger partial charge on any atom is 0.407 e. The van der Waals surface area contributed by atoms with Gasteiger partial charge in [-0.1, -0.05) is 9.79 Å². The van der Waals surface area contributed by atoms with Crippen LogP contribution in [0.3, 0.4) is 0 Å². The van der Waals surface area contributed by atoms with Crippen LogP contribution in [0.25, 0.3) is 0 Å². The Labute approximate surface area is 108 Å². The van der Waals surface area contributed by atoms with E-state index in [9.17, 15) is 14.5 Å². The van der Waals surface area contributed by atoms with Gasteiger partial charge in [0.05, 0.1) is 0 Å². The minimum absolute atomic E-state index is 0.00260. The Kier molecular flexibility index (Phi) is 4.30. The summed E-state index contributed by atoms with van der Waals surface area (Å²) in [6.07, 6.45) is -0.647. The van der Waals surface area contributed by atoms with Gasteiger partial charge in [-0.2, -0.15) is 0 Å². The SMILES string of the molecule is CC(C)(C)OC(=O)NCCc1c(C(=O)O)[nH]o[n+]1=O. The molecule has 0 radical (unpaired) electrons. The number of ether oxygens (including phenoxy) is 1. The van der Waals surface area contributed by atoms with Crippen molar-refractivity contribution in [1.82, 2.24) is 10.5 Å². The molecule has 0 unspecified atom stereocenters. The summed E-state index contributed by atoms with van der Waals surface area (Å²) >= 11 is 0. The highest BCUT2D eigenvalue weighted by molar-refractivity contribution is 5.85. The fourth-order valence-electron chi connectivity index (χ4n) is 1.27. The molecule has 0 aliphatic rings. The molecule has 106 valence electrons. The van der Waals surface area contributed by atoms with Crippen LogP contribution in [0, 0.1) is 4.91 Å². The van der Waals surface area contributed by atoms with Gasteiger partial charge in [-0.05, 0) is 25.7 Å². The van der Waals surface area contributed by atoms with E-state index in [1.54, 1.807) is 20.8 Å². The summed E-state index contributed by atoms with van der Waals surface area (Å²) in [6.45, 7) is 5.19. The number of amides is 1. The second-order valence-electron chi connectivity index (χ2n) is 4.76. The van der Waals surface area contributed by atoms with Crippen molar-refractivity contribution in [2.75, 3.05) is 6.54 Å². The van der Waals surface area contributed by atoms with Gasteiger partial charge in [0.15, 0.2) is 4.60 Å². The maximum atomic E-state index is 11.3. The van der Waals surface area contributed by atoms with Gasteiger partial charge in [0.25, 0.3) is 11.4 Å². The molecule has 1 aromatic rings. The van der Waals surface area contributed by atoms with Gasteiger partial charge < -0.3 is 15.2 Å². The number of carbonyl (C=O) groups is 2. The molecule has 3 N–H and O–H groups in total. The molecule has 1 aromatic heterocycles. The standard InChI is InChI=1S/C10H15N3O6/c1-10(2,3)18-9(16)11-5-4-6-7(8(14)15)12-19-13(6)17/h4-5H2,1-3H3,(H2-,11,12,14,15,16,17)/p+1. The number of rotatable bonds is 4. The fraction of sp³-hybridized carbons (Fsp3) is 0.600. The van der Waals surface area contributed by atoms with Crippen LogP contribution in [0.2, 0.25) is 0 Å². The highest BCUT2D eigenvalue weighted by atomic mass is 16.7. The highest BCUT2D eigenvalue weighted by Gasteiger charge is 2.26. The van der Waals surface area contributed by atoms with Crippen LogP contribution in [-0.2, 0) is 11.2 Å². The van der Waals surface area contributed by atoms with Crippen molar-refractivity contribution in [1.29, 1.82) is 0 Å². The van der Waals surface area contributed by atoms with Crippen molar-refractivity contribution in [3.8, 4) is 0 Å². The van der Waals surface area contributed by atoms with Crippen molar-refractivity contribution in [2.24, 2.45) is 0 Å². The Morgan fingerprint density at radius 3 is 2.63 bits per heavy atom. The van der Waals surface area contributed by atoms with Gasteiger partial charge >= 0.3 is 12.1 Å². The Morgan fingerprint density at radius 1 is 1.47 bits per heavy atom. The molecule has 0 aromatic carbocycles. The Hall–Kier alpha value is -2.32. The lowest BCUT2D eigenvalue weighted by molar-refractivity contribution is -0.719. The zero-order chi connectivity index (χ0) is 14.6. The molecule has 1 heterocycles. The van der Waals surface area contributed by atoms with E-state index in [-0.39, 0.29) is 29.0 Å². The number of hydrogen-bond acceptors (Lipinski definition) is 5. The topological polar surface area (TPSA) is 128 Å². The average Bonchev–Trinajstić information content (AvgIpc) is 2.58. The molecular formula is C10H16N3O6+. The number of carboxylic acid groups (broad SMARTS) is 1. The summed E-state index contributed by atoms with van der Waals surface area (Å²) in [6, 6.07) is 0. The molecule has 0 saturated heterocycles. The van der Waals surface area contributed by atoms with Gasteiger partial charge in [-0.3, -0.25) is 0 Å². The number of carboxylic acids is 1. The molecule has 0 saturated carbocycles. The van der Waals surface area contributed by atoms with Gasteiger partial charge in [-0.15, -0.1) is 0 Å². The van der Waals surface area contributed by atoms with Crippen LogP contribution in [0.5, 0.6) is 0 Å². The molecule has 0 bridgehead atoms.